The van der Waals surface area contributed by atoms with Gasteiger partial charge in [0.2, 0.25) is 0 Å². The van der Waals surface area contributed by atoms with E-state index in [0.717, 1.165) is 18.7 Å². The molecule has 0 aromatic carbocycles. The molecule has 3 heterocycles. The Bertz CT molecular complexity index is 407. The molecular formula is C13H18ClN3. The van der Waals surface area contributed by atoms with Crippen molar-refractivity contribution in [3.05, 3.63) is 23.0 Å². The molecule has 0 aliphatic carbocycles. The summed E-state index contributed by atoms with van der Waals surface area (Å²) in [6.07, 6.45) is 5.76. The zero-order valence-corrected chi connectivity index (χ0v) is 10.9. The van der Waals surface area contributed by atoms with Crippen LogP contribution in [0.25, 0.3) is 0 Å². The number of anilines is 1. The molecular weight excluding hydrogens is 234 g/mol. The number of rotatable bonds is 1. The third-order valence-corrected chi connectivity index (χ3v) is 4.35. The molecule has 17 heavy (non-hydrogen) atoms. The highest BCUT2D eigenvalue weighted by Crippen LogP contribution is 2.33. The largest absolute Gasteiger partial charge is 0.363 e. The van der Waals surface area contributed by atoms with Crippen LogP contribution in [-0.4, -0.2) is 30.2 Å². The minimum absolute atomic E-state index is 0.619. The highest BCUT2D eigenvalue weighted by atomic mass is 35.5. The first kappa shape index (κ1) is 11.3. The summed E-state index contributed by atoms with van der Waals surface area (Å²) in [7, 11) is 0. The molecule has 4 heteroatoms. The molecule has 0 amide bonds. The number of aryl methyl sites for hydroxylation is 1. The van der Waals surface area contributed by atoms with Crippen LogP contribution in [0.3, 0.4) is 0 Å². The molecule has 1 aromatic rings. The SMILES string of the molecule is Cc1cc(N2[C@H]3CCNC[C@@H]2CC3)cnc1Cl. The van der Waals surface area contributed by atoms with Crippen molar-refractivity contribution < 1.29 is 0 Å². The zero-order valence-electron chi connectivity index (χ0n) is 10.1. The van der Waals surface area contributed by atoms with Gasteiger partial charge in [0.15, 0.2) is 0 Å². The van der Waals surface area contributed by atoms with Crippen LogP contribution in [0.2, 0.25) is 5.15 Å². The van der Waals surface area contributed by atoms with E-state index in [0.29, 0.717) is 17.2 Å². The van der Waals surface area contributed by atoms with Gasteiger partial charge in [-0.3, -0.25) is 0 Å². The van der Waals surface area contributed by atoms with Crippen molar-refractivity contribution in [2.75, 3.05) is 18.0 Å². The van der Waals surface area contributed by atoms with Crippen LogP contribution in [-0.2, 0) is 0 Å². The summed E-state index contributed by atoms with van der Waals surface area (Å²) < 4.78 is 0. The lowest BCUT2D eigenvalue weighted by Gasteiger charge is -2.30. The van der Waals surface area contributed by atoms with E-state index in [4.69, 9.17) is 11.6 Å². The molecule has 3 rings (SSSR count). The predicted molar refractivity (Wildman–Crippen MR) is 70.8 cm³/mol. The average Bonchev–Trinajstić information content (AvgIpc) is 2.56. The number of nitrogens with one attached hydrogen (secondary N) is 1. The summed E-state index contributed by atoms with van der Waals surface area (Å²) in [4.78, 5) is 6.84. The maximum atomic E-state index is 6.00. The molecule has 2 aliphatic heterocycles. The van der Waals surface area contributed by atoms with E-state index >= 15 is 0 Å². The first-order chi connectivity index (χ1) is 8.25. The molecule has 2 aliphatic rings. The number of hydrogen-bond donors (Lipinski definition) is 1. The second kappa shape index (κ2) is 4.46. The molecule has 3 nitrogen and oxygen atoms in total. The quantitative estimate of drug-likeness (QED) is 0.777. The zero-order chi connectivity index (χ0) is 11.8. The second-order valence-corrected chi connectivity index (χ2v) is 5.44. The highest BCUT2D eigenvalue weighted by Gasteiger charge is 2.35. The number of pyridine rings is 1. The van der Waals surface area contributed by atoms with Gasteiger partial charge in [-0.25, -0.2) is 4.98 Å². The molecule has 0 unspecified atom stereocenters. The monoisotopic (exact) mass is 251 g/mol. The normalized spacial score (nSPS) is 28.2. The highest BCUT2D eigenvalue weighted by molar-refractivity contribution is 6.30. The van der Waals surface area contributed by atoms with Crippen LogP contribution < -0.4 is 10.2 Å². The fourth-order valence-corrected chi connectivity index (χ4v) is 3.19. The van der Waals surface area contributed by atoms with E-state index in [9.17, 15) is 0 Å². The number of halogens is 1. The van der Waals surface area contributed by atoms with E-state index in [1.165, 1.54) is 24.9 Å². The van der Waals surface area contributed by atoms with Gasteiger partial charge < -0.3 is 10.2 Å². The van der Waals surface area contributed by atoms with Crippen molar-refractivity contribution in [3.63, 3.8) is 0 Å². The summed E-state index contributed by atoms with van der Waals surface area (Å²) in [6.45, 7) is 4.26. The lowest BCUT2D eigenvalue weighted by atomic mass is 10.1. The van der Waals surface area contributed by atoms with Crippen molar-refractivity contribution >= 4 is 17.3 Å². The summed E-state index contributed by atoms with van der Waals surface area (Å²) in [5.41, 5.74) is 2.31. The summed E-state index contributed by atoms with van der Waals surface area (Å²) >= 11 is 6.00. The molecule has 0 saturated carbocycles. The summed E-state index contributed by atoms with van der Waals surface area (Å²) in [6, 6.07) is 3.48. The molecule has 2 bridgehead atoms. The van der Waals surface area contributed by atoms with Gasteiger partial charge in [0.1, 0.15) is 5.15 Å². The van der Waals surface area contributed by atoms with Crippen LogP contribution in [0, 0.1) is 6.92 Å². The average molecular weight is 252 g/mol. The van der Waals surface area contributed by atoms with Crippen LogP contribution in [0.5, 0.6) is 0 Å². The van der Waals surface area contributed by atoms with E-state index < -0.39 is 0 Å². The molecule has 0 radical (unpaired) electrons. The second-order valence-electron chi connectivity index (χ2n) is 5.09. The van der Waals surface area contributed by atoms with Gasteiger partial charge >= 0.3 is 0 Å². The fourth-order valence-electron chi connectivity index (χ4n) is 3.09. The van der Waals surface area contributed by atoms with Crippen LogP contribution in [0.15, 0.2) is 12.3 Å². The standard InChI is InChI=1S/C13H18ClN3/c1-9-6-12(8-16-13(9)14)17-10-2-3-11(17)7-15-5-4-10/h6,8,10-11,15H,2-5,7H2,1H3/t10-,11+/m1/s1. The van der Waals surface area contributed by atoms with Gasteiger partial charge in [0, 0.05) is 18.6 Å². The molecule has 1 aromatic heterocycles. The fraction of sp³-hybridized carbons (Fsp3) is 0.615. The Balaban J connectivity index is 1.94. The Morgan fingerprint density at radius 2 is 2.18 bits per heavy atom. The maximum absolute atomic E-state index is 6.00. The third kappa shape index (κ3) is 2.02. The maximum Gasteiger partial charge on any atom is 0.132 e. The predicted octanol–water partition coefficient (Wildman–Crippen LogP) is 2.37. The van der Waals surface area contributed by atoms with Gasteiger partial charge in [-0.05, 0) is 44.4 Å². The van der Waals surface area contributed by atoms with Gasteiger partial charge in [0.05, 0.1) is 11.9 Å². The van der Waals surface area contributed by atoms with Gasteiger partial charge in [-0.2, -0.15) is 0 Å². The first-order valence-corrected chi connectivity index (χ1v) is 6.74. The minimum atomic E-state index is 0.619. The van der Waals surface area contributed by atoms with E-state index in [2.05, 4.69) is 21.3 Å². The number of nitrogens with zero attached hydrogens (tertiary/aromatic N) is 2. The van der Waals surface area contributed by atoms with Crippen LogP contribution in [0.4, 0.5) is 5.69 Å². The Kier molecular flexibility index (Phi) is 2.97. The van der Waals surface area contributed by atoms with E-state index in [-0.39, 0.29) is 0 Å². The Morgan fingerprint density at radius 1 is 1.35 bits per heavy atom. The van der Waals surface area contributed by atoms with Crippen molar-refractivity contribution in [2.45, 2.75) is 38.3 Å². The smallest absolute Gasteiger partial charge is 0.132 e. The van der Waals surface area contributed by atoms with E-state index in [1.807, 2.05) is 13.1 Å². The minimum Gasteiger partial charge on any atom is -0.363 e. The third-order valence-electron chi connectivity index (χ3n) is 3.95. The number of aromatic nitrogens is 1. The molecule has 2 atom stereocenters. The molecule has 2 saturated heterocycles. The Morgan fingerprint density at radius 3 is 3.00 bits per heavy atom. The van der Waals surface area contributed by atoms with Gasteiger partial charge in [-0.15, -0.1) is 0 Å². The van der Waals surface area contributed by atoms with Crippen LogP contribution >= 0.6 is 11.6 Å². The first-order valence-electron chi connectivity index (χ1n) is 6.37. The Labute approximate surface area is 107 Å². The Hall–Kier alpha value is -0.800. The van der Waals surface area contributed by atoms with Gasteiger partial charge in [-0.1, -0.05) is 11.6 Å². The molecule has 0 spiro atoms. The molecule has 2 fully saturated rings. The molecule has 92 valence electrons. The van der Waals surface area contributed by atoms with E-state index in [1.54, 1.807) is 0 Å². The summed E-state index contributed by atoms with van der Waals surface area (Å²) in [5, 5.41) is 4.14. The molecule has 1 N–H and O–H groups in total. The number of fused-ring (bicyclic) bond motifs is 2. The van der Waals surface area contributed by atoms with Crippen molar-refractivity contribution in [2.24, 2.45) is 0 Å². The van der Waals surface area contributed by atoms with Gasteiger partial charge in [0.25, 0.3) is 0 Å². The van der Waals surface area contributed by atoms with Crippen molar-refractivity contribution in [1.29, 1.82) is 0 Å². The lowest BCUT2D eigenvalue weighted by Crippen LogP contribution is -2.38. The lowest BCUT2D eigenvalue weighted by molar-refractivity contribution is 0.567. The summed E-state index contributed by atoms with van der Waals surface area (Å²) in [5.74, 6) is 0. The number of hydrogen-bond acceptors (Lipinski definition) is 3. The van der Waals surface area contributed by atoms with Crippen molar-refractivity contribution in [3.8, 4) is 0 Å². The topological polar surface area (TPSA) is 28.2 Å². The van der Waals surface area contributed by atoms with Crippen molar-refractivity contribution in [1.82, 2.24) is 10.3 Å². The van der Waals surface area contributed by atoms with Crippen LogP contribution in [0.1, 0.15) is 24.8 Å².